The van der Waals surface area contributed by atoms with Gasteiger partial charge in [-0.2, -0.15) is 13.2 Å². The fourth-order valence-electron chi connectivity index (χ4n) is 3.26. The molecule has 0 spiro atoms. The van der Waals surface area contributed by atoms with Crippen LogP contribution < -0.4 is 5.73 Å². The zero-order chi connectivity index (χ0) is 19.5. The van der Waals surface area contributed by atoms with Crippen molar-refractivity contribution < 1.29 is 23.1 Å². The molecule has 5 nitrogen and oxygen atoms in total. The van der Waals surface area contributed by atoms with E-state index in [0.717, 1.165) is 10.5 Å². The van der Waals surface area contributed by atoms with Crippen molar-refractivity contribution in [2.75, 3.05) is 0 Å². The summed E-state index contributed by atoms with van der Waals surface area (Å²) in [5, 5.41) is 7.87. The van der Waals surface area contributed by atoms with E-state index in [4.69, 9.17) is 27.2 Å². The van der Waals surface area contributed by atoms with Crippen LogP contribution in [0.5, 0.6) is 0 Å². The summed E-state index contributed by atoms with van der Waals surface area (Å²) in [5.41, 5.74) is 9.64. The van der Waals surface area contributed by atoms with Crippen LogP contribution in [0.2, 0.25) is 5.02 Å². The number of hydrogen-bond donors (Lipinski definition) is 2. The van der Waals surface area contributed by atoms with Crippen LogP contribution >= 0.6 is 11.6 Å². The Labute approximate surface area is 154 Å². The number of alkyl halides is 3. The lowest BCUT2D eigenvalue weighted by Crippen LogP contribution is -2.21. The first-order chi connectivity index (χ1) is 12.1. The summed E-state index contributed by atoms with van der Waals surface area (Å²) in [6, 6.07) is 2.04. The van der Waals surface area contributed by atoms with E-state index < -0.39 is 12.1 Å². The number of carboxylic acids is 1. The number of hydrogen-bond acceptors (Lipinski definition) is 3. The average molecular weight is 392 g/mol. The second kappa shape index (κ2) is 8.26. The second-order valence-corrected chi connectivity index (χ2v) is 6.82. The first-order valence-corrected chi connectivity index (χ1v) is 8.70. The van der Waals surface area contributed by atoms with Crippen molar-refractivity contribution in [2.45, 2.75) is 57.2 Å². The van der Waals surface area contributed by atoms with Crippen molar-refractivity contribution in [1.82, 2.24) is 9.38 Å². The molecule has 1 unspecified atom stereocenters. The molecule has 2 aromatic rings. The number of fused-ring (bicyclic) bond motifs is 1. The van der Waals surface area contributed by atoms with Gasteiger partial charge in [-0.3, -0.25) is 0 Å². The first kappa shape index (κ1) is 20.5. The maximum Gasteiger partial charge on any atom is 0.490 e. The zero-order valence-corrected chi connectivity index (χ0v) is 15.0. The Kier molecular flexibility index (Phi) is 6.52. The lowest BCUT2D eigenvalue weighted by Gasteiger charge is -2.27. The number of rotatable bonds is 2. The number of halogens is 4. The fourth-order valence-corrected chi connectivity index (χ4v) is 3.52. The summed E-state index contributed by atoms with van der Waals surface area (Å²) in [5.74, 6) is -2.17. The Hall–Kier alpha value is -1.80. The topological polar surface area (TPSA) is 80.6 Å². The summed E-state index contributed by atoms with van der Waals surface area (Å²) in [4.78, 5) is 13.2. The monoisotopic (exact) mass is 391 g/mol. The van der Waals surface area contributed by atoms with Crippen molar-refractivity contribution in [3.8, 4) is 0 Å². The smallest absolute Gasteiger partial charge is 0.475 e. The number of aliphatic carboxylic acids is 1. The van der Waals surface area contributed by atoms with Gasteiger partial charge in [0.25, 0.3) is 0 Å². The molecule has 9 heteroatoms. The van der Waals surface area contributed by atoms with E-state index in [0.29, 0.717) is 5.92 Å². The number of aromatic nitrogens is 2. The maximum absolute atomic E-state index is 10.6. The van der Waals surface area contributed by atoms with Crippen LogP contribution in [-0.4, -0.2) is 26.6 Å². The molecule has 3 N–H and O–H groups in total. The van der Waals surface area contributed by atoms with Gasteiger partial charge in [0.05, 0.1) is 23.1 Å². The molecule has 1 saturated carbocycles. The molecule has 1 aliphatic carbocycles. The third-order valence-corrected chi connectivity index (χ3v) is 4.75. The number of carbonyl (C=O) groups is 1. The van der Waals surface area contributed by atoms with Crippen molar-refractivity contribution in [3.63, 3.8) is 0 Å². The summed E-state index contributed by atoms with van der Waals surface area (Å²) < 4.78 is 33.9. The molecule has 1 atom stereocenters. The quantitative estimate of drug-likeness (QED) is 0.778. The fraction of sp³-hybridized carbons (Fsp3) is 0.529. The Morgan fingerprint density at radius 1 is 1.38 bits per heavy atom. The van der Waals surface area contributed by atoms with Crippen molar-refractivity contribution in [2.24, 2.45) is 5.73 Å². The molecule has 144 valence electrons. The molecular weight excluding hydrogens is 371 g/mol. The summed E-state index contributed by atoms with van der Waals surface area (Å²) in [6.45, 7) is 2.03. The highest BCUT2D eigenvalue weighted by Crippen LogP contribution is 2.38. The highest BCUT2D eigenvalue weighted by Gasteiger charge is 2.38. The predicted octanol–water partition coefficient (Wildman–Crippen LogP) is 4.69. The van der Waals surface area contributed by atoms with Gasteiger partial charge in [0.1, 0.15) is 0 Å². The van der Waals surface area contributed by atoms with E-state index >= 15 is 0 Å². The predicted molar refractivity (Wildman–Crippen MR) is 92.3 cm³/mol. The van der Waals surface area contributed by atoms with E-state index in [1.807, 2.05) is 25.5 Å². The Balaban J connectivity index is 0.000000298. The zero-order valence-electron chi connectivity index (χ0n) is 14.3. The Bertz CT molecular complexity index is 768. The molecule has 3 rings (SSSR count). The Morgan fingerprint density at radius 3 is 2.46 bits per heavy atom. The van der Waals surface area contributed by atoms with Gasteiger partial charge >= 0.3 is 12.1 Å². The van der Waals surface area contributed by atoms with E-state index in [1.54, 1.807) is 0 Å². The van der Waals surface area contributed by atoms with Crippen molar-refractivity contribution in [1.29, 1.82) is 0 Å². The number of imidazole rings is 1. The molecule has 0 aliphatic heterocycles. The van der Waals surface area contributed by atoms with Gasteiger partial charge < -0.3 is 15.2 Å². The third kappa shape index (κ3) is 4.67. The van der Waals surface area contributed by atoms with Crippen LogP contribution in [0.3, 0.4) is 0 Å². The van der Waals surface area contributed by atoms with Gasteiger partial charge in [-0.1, -0.05) is 30.9 Å². The largest absolute Gasteiger partial charge is 0.490 e. The Morgan fingerprint density at radius 2 is 1.96 bits per heavy atom. The minimum absolute atomic E-state index is 0.00114. The number of pyridine rings is 1. The second-order valence-electron chi connectivity index (χ2n) is 6.41. The van der Waals surface area contributed by atoms with E-state index in [-0.39, 0.29) is 6.04 Å². The van der Waals surface area contributed by atoms with Crippen molar-refractivity contribution in [3.05, 3.63) is 34.9 Å². The third-order valence-electron chi connectivity index (χ3n) is 4.45. The van der Waals surface area contributed by atoms with Gasteiger partial charge in [0.2, 0.25) is 0 Å². The SMILES string of the molecule is CC(N)c1cc(Cl)c2cncn2c1C1CCCCC1.O=C(O)C(F)(F)F. The standard InChI is InChI=1S/C15H20ClN3.C2HF3O2/c1-10(17)12-7-13(16)14-8-18-9-19(14)15(12)11-5-3-2-4-6-11;3-2(4,5)1(6)7/h7-11H,2-6,17H2,1H3;(H,6,7). The van der Waals surface area contributed by atoms with Crippen LogP contribution in [-0.2, 0) is 4.79 Å². The molecule has 2 aromatic heterocycles. The number of nitrogens with zero attached hydrogens (tertiary/aromatic N) is 2. The number of carboxylic acid groups (broad SMARTS) is 1. The minimum atomic E-state index is -5.08. The molecule has 26 heavy (non-hydrogen) atoms. The molecule has 1 fully saturated rings. The lowest BCUT2D eigenvalue weighted by molar-refractivity contribution is -0.192. The molecule has 0 aromatic carbocycles. The van der Waals surface area contributed by atoms with Gasteiger partial charge in [-0.15, -0.1) is 0 Å². The molecule has 2 heterocycles. The molecular formula is C17H21ClF3N3O2. The van der Waals surface area contributed by atoms with Crippen LogP contribution in [0.4, 0.5) is 13.2 Å². The van der Waals surface area contributed by atoms with Crippen LogP contribution in [0.15, 0.2) is 18.6 Å². The highest BCUT2D eigenvalue weighted by atomic mass is 35.5. The van der Waals surface area contributed by atoms with Gasteiger partial charge in [-0.05, 0) is 37.3 Å². The van der Waals surface area contributed by atoms with E-state index in [2.05, 4.69) is 9.38 Å². The lowest BCUT2D eigenvalue weighted by atomic mass is 9.83. The van der Waals surface area contributed by atoms with Crippen LogP contribution in [0, 0.1) is 0 Å². The number of nitrogens with two attached hydrogens (primary N) is 1. The molecule has 0 radical (unpaired) electrons. The molecule has 0 saturated heterocycles. The summed E-state index contributed by atoms with van der Waals surface area (Å²) >= 11 is 6.34. The first-order valence-electron chi connectivity index (χ1n) is 8.33. The van der Waals surface area contributed by atoms with Gasteiger partial charge in [0.15, 0.2) is 0 Å². The van der Waals surface area contributed by atoms with E-state index in [1.165, 1.54) is 43.4 Å². The normalized spacial score (nSPS) is 16.8. The van der Waals surface area contributed by atoms with Gasteiger partial charge in [-0.25, -0.2) is 9.78 Å². The highest BCUT2D eigenvalue weighted by molar-refractivity contribution is 6.33. The summed E-state index contributed by atoms with van der Waals surface area (Å²) in [6.07, 6.45) is 5.08. The average Bonchev–Trinajstić information content (AvgIpc) is 3.05. The van der Waals surface area contributed by atoms with Crippen LogP contribution in [0.1, 0.15) is 62.2 Å². The van der Waals surface area contributed by atoms with E-state index in [9.17, 15) is 13.2 Å². The molecule has 0 bridgehead atoms. The molecule has 1 aliphatic rings. The minimum Gasteiger partial charge on any atom is -0.475 e. The maximum atomic E-state index is 10.6. The van der Waals surface area contributed by atoms with Gasteiger partial charge in [0, 0.05) is 11.7 Å². The van der Waals surface area contributed by atoms with Crippen molar-refractivity contribution >= 4 is 23.1 Å². The molecule has 0 amide bonds. The van der Waals surface area contributed by atoms with Crippen LogP contribution in [0.25, 0.3) is 5.52 Å². The summed E-state index contributed by atoms with van der Waals surface area (Å²) in [7, 11) is 0.